The summed E-state index contributed by atoms with van der Waals surface area (Å²) in [7, 11) is 2.82. The number of carbonyl (C=O) groups is 1. The van der Waals surface area contributed by atoms with Crippen LogP contribution in [0.3, 0.4) is 0 Å². The van der Waals surface area contributed by atoms with Gasteiger partial charge in [0.15, 0.2) is 0 Å². The molecule has 23 heavy (non-hydrogen) atoms. The predicted molar refractivity (Wildman–Crippen MR) is 91.0 cm³/mol. The van der Waals surface area contributed by atoms with Gasteiger partial charge in [-0.2, -0.15) is 0 Å². The summed E-state index contributed by atoms with van der Waals surface area (Å²) in [6.07, 6.45) is 0.255. The summed E-state index contributed by atoms with van der Waals surface area (Å²) in [4.78, 5) is 12.5. The molecule has 2 aromatic rings. The lowest BCUT2D eigenvalue weighted by molar-refractivity contribution is -0.145. The van der Waals surface area contributed by atoms with E-state index in [4.69, 9.17) is 16.3 Å². The van der Waals surface area contributed by atoms with E-state index in [0.717, 1.165) is 10.8 Å². The van der Waals surface area contributed by atoms with E-state index in [0.29, 0.717) is 11.3 Å². The monoisotopic (exact) mass is 321 g/mol. The van der Waals surface area contributed by atoms with Gasteiger partial charge in [0.2, 0.25) is 0 Å². The van der Waals surface area contributed by atoms with E-state index in [-0.39, 0.29) is 19.4 Å². The van der Waals surface area contributed by atoms with Crippen molar-refractivity contribution in [1.29, 1.82) is 0 Å². The van der Waals surface area contributed by atoms with Gasteiger partial charge >= 0.3 is 5.97 Å². The number of methoxy groups -OCH3 is 2. The van der Waals surface area contributed by atoms with Crippen LogP contribution >= 0.6 is 0 Å². The maximum Gasteiger partial charge on any atom is 0.313 e. The van der Waals surface area contributed by atoms with Crippen molar-refractivity contribution in [2.75, 3.05) is 27.4 Å². The minimum absolute atomic E-state index is 0.0347. The number of benzene rings is 2. The van der Waals surface area contributed by atoms with Gasteiger partial charge in [0.25, 0.3) is 0 Å². The molecule has 4 heteroatoms. The van der Waals surface area contributed by atoms with Crippen molar-refractivity contribution in [1.82, 2.24) is 0 Å². The van der Waals surface area contributed by atoms with E-state index < -0.39 is 25.3 Å². The number of carbonyl (C=O) groups excluding carboxylic acids is 1. The van der Waals surface area contributed by atoms with Crippen molar-refractivity contribution >= 4 is 16.7 Å². The lowest BCUT2D eigenvalue weighted by Crippen LogP contribution is -2.14. The zero-order chi connectivity index (χ0) is 20.9. The van der Waals surface area contributed by atoms with Crippen LogP contribution in [0.4, 0.5) is 0 Å². The van der Waals surface area contributed by atoms with Crippen LogP contribution in [0.15, 0.2) is 36.4 Å². The van der Waals surface area contributed by atoms with Gasteiger partial charge in [0.1, 0.15) is 5.75 Å². The second-order valence-electron chi connectivity index (χ2n) is 5.03. The molecule has 0 radical (unpaired) electrons. The third kappa shape index (κ3) is 4.70. The SMILES string of the molecule is [2H]C([2H])(CCCOC(=O)[C@H](c1ccc2cc(OC)ccc2c1)C([2H])([2H])[2H])OC. The maximum atomic E-state index is 12.5. The van der Waals surface area contributed by atoms with Crippen LogP contribution in [0, 0.1) is 0 Å². The minimum atomic E-state index is -2.57. The molecule has 2 rings (SSSR count). The first kappa shape index (κ1) is 11.5. The molecule has 0 amide bonds. The largest absolute Gasteiger partial charge is 0.497 e. The quantitative estimate of drug-likeness (QED) is 0.546. The average Bonchev–Trinajstić information content (AvgIpc) is 2.63. The van der Waals surface area contributed by atoms with Gasteiger partial charge in [-0.3, -0.25) is 4.79 Å². The van der Waals surface area contributed by atoms with Crippen molar-refractivity contribution in [3.63, 3.8) is 0 Å². The average molecular weight is 321 g/mol. The van der Waals surface area contributed by atoms with Crippen molar-refractivity contribution < 1.29 is 25.9 Å². The molecule has 1 atom stereocenters. The Hall–Kier alpha value is -2.07. The Morgan fingerprint density at radius 3 is 2.70 bits per heavy atom. The van der Waals surface area contributed by atoms with Crippen LogP contribution in [-0.4, -0.2) is 33.4 Å². The zero-order valence-corrected chi connectivity index (χ0v) is 13.3. The molecule has 0 aliphatic heterocycles. The molecule has 0 aromatic heterocycles. The second-order valence-corrected chi connectivity index (χ2v) is 5.03. The molecule has 0 spiro atoms. The topological polar surface area (TPSA) is 44.8 Å². The number of esters is 1. The summed E-state index contributed by atoms with van der Waals surface area (Å²) in [5, 5.41) is 1.65. The highest BCUT2D eigenvalue weighted by Gasteiger charge is 2.17. The van der Waals surface area contributed by atoms with E-state index in [9.17, 15) is 4.79 Å². The summed E-state index contributed by atoms with van der Waals surface area (Å²) in [6.45, 7) is -4.47. The standard InChI is InChI=1S/C19H24O4/c1-14(19(20)23-11-5-4-10-21-2)15-6-7-17-13-18(22-3)9-8-16(17)12-15/h6-9,12-14H,4-5,10-11H2,1-3H3/t14-/m0/s1/i1D3,10D2. The predicted octanol–water partition coefficient (Wildman–Crippen LogP) is 3.92. The number of fused-ring (bicyclic) bond motifs is 1. The summed E-state index contributed by atoms with van der Waals surface area (Å²) < 4.78 is 53.3. The van der Waals surface area contributed by atoms with Crippen molar-refractivity contribution in [2.45, 2.75) is 25.6 Å². The first-order valence-corrected chi connectivity index (χ1v) is 7.37. The molecular weight excluding hydrogens is 292 g/mol. The highest BCUT2D eigenvalue weighted by molar-refractivity contribution is 5.86. The van der Waals surface area contributed by atoms with E-state index in [2.05, 4.69) is 4.74 Å². The van der Waals surface area contributed by atoms with Crippen LogP contribution in [0.5, 0.6) is 5.75 Å². The fourth-order valence-electron chi connectivity index (χ4n) is 2.19. The highest BCUT2D eigenvalue weighted by Crippen LogP contribution is 2.25. The Morgan fingerprint density at radius 2 is 1.96 bits per heavy atom. The molecule has 0 aliphatic carbocycles. The van der Waals surface area contributed by atoms with E-state index in [1.807, 2.05) is 6.07 Å². The summed E-state index contributed by atoms with van der Waals surface area (Å²) >= 11 is 0. The van der Waals surface area contributed by atoms with Gasteiger partial charge in [0.05, 0.1) is 22.4 Å². The van der Waals surface area contributed by atoms with Gasteiger partial charge < -0.3 is 14.2 Å². The summed E-state index contributed by atoms with van der Waals surface area (Å²) in [6, 6.07) is 10.4. The van der Waals surface area contributed by atoms with Gasteiger partial charge in [-0.05, 0) is 48.2 Å². The highest BCUT2D eigenvalue weighted by atomic mass is 16.5. The van der Waals surface area contributed by atoms with E-state index >= 15 is 0 Å². The Kier molecular flexibility index (Phi) is 4.25. The summed E-state index contributed by atoms with van der Waals surface area (Å²) in [5.74, 6) is -1.59. The second kappa shape index (κ2) is 8.53. The van der Waals surface area contributed by atoms with Crippen molar-refractivity contribution in [3.8, 4) is 5.75 Å². The molecule has 0 unspecified atom stereocenters. The van der Waals surface area contributed by atoms with E-state index in [1.54, 1.807) is 37.4 Å². The van der Waals surface area contributed by atoms with Crippen LogP contribution in [0.25, 0.3) is 10.8 Å². The van der Waals surface area contributed by atoms with Gasteiger partial charge in [-0.15, -0.1) is 0 Å². The summed E-state index contributed by atoms with van der Waals surface area (Å²) in [5.41, 5.74) is 0.342. The fourth-order valence-corrected chi connectivity index (χ4v) is 2.19. The third-order valence-corrected chi connectivity index (χ3v) is 3.45. The molecule has 0 heterocycles. The molecular formula is C19H24O4. The zero-order valence-electron chi connectivity index (χ0n) is 18.3. The molecule has 0 bridgehead atoms. The third-order valence-electron chi connectivity index (χ3n) is 3.45. The lowest BCUT2D eigenvalue weighted by atomic mass is 9.98. The number of hydrogen-bond acceptors (Lipinski definition) is 4. The Labute approximate surface area is 144 Å². The van der Waals surface area contributed by atoms with Gasteiger partial charge in [0, 0.05) is 17.8 Å². The Balaban J connectivity index is 2.17. The van der Waals surface area contributed by atoms with E-state index in [1.165, 1.54) is 7.11 Å². The smallest absolute Gasteiger partial charge is 0.313 e. The molecule has 124 valence electrons. The first-order chi connectivity index (χ1) is 13.1. The Morgan fingerprint density at radius 1 is 1.17 bits per heavy atom. The molecule has 0 N–H and O–H groups in total. The van der Waals surface area contributed by atoms with Crippen molar-refractivity contribution in [3.05, 3.63) is 42.0 Å². The molecule has 0 saturated carbocycles. The van der Waals surface area contributed by atoms with Crippen LogP contribution in [-0.2, 0) is 14.3 Å². The van der Waals surface area contributed by atoms with Crippen molar-refractivity contribution in [2.24, 2.45) is 0 Å². The Bertz CT molecular complexity index is 820. The van der Waals surface area contributed by atoms with Crippen LogP contribution in [0.1, 0.15) is 38.0 Å². The van der Waals surface area contributed by atoms with Crippen LogP contribution < -0.4 is 4.74 Å². The first-order valence-electron chi connectivity index (χ1n) is 9.87. The molecule has 0 aliphatic rings. The molecule has 4 nitrogen and oxygen atoms in total. The number of rotatable bonds is 8. The molecule has 0 saturated heterocycles. The number of hydrogen-bond donors (Lipinski definition) is 0. The normalized spacial score (nSPS) is 16.5. The molecule has 0 fully saturated rings. The fraction of sp³-hybridized carbons (Fsp3) is 0.421. The molecule has 2 aromatic carbocycles. The number of ether oxygens (including phenoxy) is 3. The van der Waals surface area contributed by atoms with Crippen LogP contribution in [0.2, 0.25) is 0 Å². The maximum absolute atomic E-state index is 12.5. The minimum Gasteiger partial charge on any atom is -0.497 e. The van der Waals surface area contributed by atoms with Gasteiger partial charge in [-0.25, -0.2) is 0 Å². The van der Waals surface area contributed by atoms with Gasteiger partial charge in [-0.1, -0.05) is 24.3 Å². The lowest BCUT2D eigenvalue weighted by Gasteiger charge is -2.13.